The minimum atomic E-state index is 0.860. The zero-order valence-corrected chi connectivity index (χ0v) is 7.55. The van der Waals surface area contributed by atoms with Crippen molar-refractivity contribution in [2.45, 2.75) is 26.2 Å². The van der Waals surface area contributed by atoms with Crippen LogP contribution in [-0.2, 0) is 11.2 Å². The highest BCUT2D eigenvalue weighted by Gasteiger charge is 1.93. The molecular formula is C9H16N2O. The third-order valence-electron chi connectivity index (χ3n) is 1.66. The second-order valence-corrected chi connectivity index (χ2v) is 2.82. The molecule has 0 saturated heterocycles. The van der Waals surface area contributed by atoms with E-state index in [2.05, 4.69) is 17.1 Å². The van der Waals surface area contributed by atoms with Crippen molar-refractivity contribution in [1.82, 2.24) is 10.2 Å². The summed E-state index contributed by atoms with van der Waals surface area (Å²) in [6.07, 6.45) is 7.03. The van der Waals surface area contributed by atoms with Crippen molar-refractivity contribution in [3.8, 4) is 0 Å². The largest absolute Gasteiger partial charge is 0.381 e. The first kappa shape index (κ1) is 9.26. The van der Waals surface area contributed by atoms with Gasteiger partial charge in [0.25, 0.3) is 0 Å². The summed E-state index contributed by atoms with van der Waals surface area (Å²) in [7, 11) is 0. The Labute approximate surface area is 73.1 Å². The quantitative estimate of drug-likeness (QED) is 0.657. The monoisotopic (exact) mass is 168 g/mol. The Balaban J connectivity index is 1.96. The third-order valence-corrected chi connectivity index (χ3v) is 1.66. The van der Waals surface area contributed by atoms with E-state index < -0.39 is 0 Å². The van der Waals surface area contributed by atoms with E-state index in [1.165, 1.54) is 5.56 Å². The molecule has 0 atom stereocenters. The Morgan fingerprint density at radius 3 is 3.08 bits per heavy atom. The van der Waals surface area contributed by atoms with Gasteiger partial charge in [0.2, 0.25) is 0 Å². The van der Waals surface area contributed by atoms with Crippen molar-refractivity contribution in [3.63, 3.8) is 0 Å². The summed E-state index contributed by atoms with van der Waals surface area (Å²) in [5, 5.41) is 6.66. The van der Waals surface area contributed by atoms with E-state index in [0.29, 0.717) is 0 Å². The lowest BCUT2D eigenvalue weighted by Crippen LogP contribution is -1.96. The van der Waals surface area contributed by atoms with Crippen molar-refractivity contribution >= 4 is 0 Å². The zero-order valence-electron chi connectivity index (χ0n) is 7.55. The number of aromatic amines is 1. The number of hydrogen-bond acceptors (Lipinski definition) is 2. The average Bonchev–Trinajstić information content (AvgIpc) is 2.57. The van der Waals surface area contributed by atoms with Crippen LogP contribution in [0.3, 0.4) is 0 Å². The highest BCUT2D eigenvalue weighted by Crippen LogP contribution is 1.98. The highest BCUT2D eigenvalue weighted by molar-refractivity contribution is 5.01. The van der Waals surface area contributed by atoms with Gasteiger partial charge in [-0.25, -0.2) is 0 Å². The highest BCUT2D eigenvalue weighted by atomic mass is 16.5. The van der Waals surface area contributed by atoms with Crippen LogP contribution in [0.2, 0.25) is 0 Å². The van der Waals surface area contributed by atoms with Crippen LogP contribution in [0.15, 0.2) is 12.4 Å². The van der Waals surface area contributed by atoms with E-state index >= 15 is 0 Å². The van der Waals surface area contributed by atoms with Crippen molar-refractivity contribution < 1.29 is 4.74 Å². The molecule has 1 aromatic rings. The lowest BCUT2D eigenvalue weighted by atomic mass is 10.2. The Bertz CT molecular complexity index is 184. The van der Waals surface area contributed by atoms with Crippen LogP contribution >= 0.6 is 0 Å². The molecule has 1 N–H and O–H groups in total. The first-order chi connectivity index (χ1) is 5.93. The Kier molecular flexibility index (Phi) is 4.46. The normalized spacial score (nSPS) is 10.4. The number of ether oxygens (including phenoxy) is 1. The summed E-state index contributed by atoms with van der Waals surface area (Å²) >= 11 is 0. The van der Waals surface area contributed by atoms with Crippen LogP contribution < -0.4 is 0 Å². The van der Waals surface area contributed by atoms with E-state index in [1.807, 2.05) is 12.4 Å². The lowest BCUT2D eigenvalue weighted by Gasteiger charge is -2.00. The summed E-state index contributed by atoms with van der Waals surface area (Å²) < 4.78 is 5.35. The van der Waals surface area contributed by atoms with Gasteiger partial charge in [0.15, 0.2) is 0 Å². The second kappa shape index (κ2) is 5.77. The summed E-state index contributed by atoms with van der Waals surface area (Å²) in [4.78, 5) is 0. The van der Waals surface area contributed by atoms with Crippen LogP contribution in [0.1, 0.15) is 25.3 Å². The molecule has 0 radical (unpaired) electrons. The molecule has 0 aliphatic rings. The van der Waals surface area contributed by atoms with Crippen LogP contribution in [0.5, 0.6) is 0 Å². The minimum absolute atomic E-state index is 0.860. The maximum atomic E-state index is 5.35. The fraction of sp³-hybridized carbons (Fsp3) is 0.667. The summed E-state index contributed by atoms with van der Waals surface area (Å²) in [5.41, 5.74) is 1.26. The Hall–Kier alpha value is -0.830. The molecule has 0 bridgehead atoms. The molecule has 1 aromatic heterocycles. The number of rotatable bonds is 6. The molecule has 1 heterocycles. The van der Waals surface area contributed by atoms with Crippen molar-refractivity contribution in [3.05, 3.63) is 18.0 Å². The SMILES string of the molecule is CCCOCCCc1cn[nH]c1. The second-order valence-electron chi connectivity index (χ2n) is 2.82. The van der Waals surface area contributed by atoms with Crippen molar-refractivity contribution in [2.24, 2.45) is 0 Å². The van der Waals surface area contributed by atoms with Crippen LogP contribution in [0, 0.1) is 0 Å². The summed E-state index contributed by atoms with van der Waals surface area (Å²) in [6, 6.07) is 0. The van der Waals surface area contributed by atoms with E-state index in [4.69, 9.17) is 4.74 Å². The van der Waals surface area contributed by atoms with Gasteiger partial charge in [-0.05, 0) is 24.8 Å². The molecule has 68 valence electrons. The van der Waals surface area contributed by atoms with E-state index in [0.717, 1.165) is 32.5 Å². The fourth-order valence-electron chi connectivity index (χ4n) is 1.04. The van der Waals surface area contributed by atoms with Gasteiger partial charge in [-0.2, -0.15) is 5.10 Å². The molecule has 12 heavy (non-hydrogen) atoms. The third kappa shape index (κ3) is 3.53. The molecule has 3 nitrogen and oxygen atoms in total. The smallest absolute Gasteiger partial charge is 0.0519 e. The number of aryl methyl sites for hydroxylation is 1. The number of aromatic nitrogens is 2. The van der Waals surface area contributed by atoms with E-state index in [-0.39, 0.29) is 0 Å². The molecular weight excluding hydrogens is 152 g/mol. The van der Waals surface area contributed by atoms with Gasteiger partial charge in [-0.1, -0.05) is 6.92 Å². The fourth-order valence-corrected chi connectivity index (χ4v) is 1.04. The van der Waals surface area contributed by atoms with Crippen LogP contribution in [-0.4, -0.2) is 23.4 Å². The molecule has 1 rings (SSSR count). The maximum absolute atomic E-state index is 5.35. The minimum Gasteiger partial charge on any atom is -0.381 e. The van der Waals surface area contributed by atoms with Gasteiger partial charge in [-0.15, -0.1) is 0 Å². The van der Waals surface area contributed by atoms with Gasteiger partial charge in [0, 0.05) is 19.4 Å². The molecule has 0 aliphatic carbocycles. The molecule has 0 saturated carbocycles. The van der Waals surface area contributed by atoms with Gasteiger partial charge in [0.05, 0.1) is 6.20 Å². The molecule has 0 spiro atoms. The molecule has 0 amide bonds. The summed E-state index contributed by atoms with van der Waals surface area (Å²) in [6.45, 7) is 3.86. The van der Waals surface area contributed by atoms with Gasteiger partial charge >= 0.3 is 0 Å². The number of nitrogens with one attached hydrogen (secondary N) is 1. The van der Waals surface area contributed by atoms with E-state index in [9.17, 15) is 0 Å². The Morgan fingerprint density at radius 2 is 2.42 bits per heavy atom. The standard InChI is InChI=1S/C9H16N2O/c1-2-5-12-6-3-4-9-7-10-11-8-9/h7-8H,2-6H2,1H3,(H,10,11). The molecule has 3 heteroatoms. The average molecular weight is 168 g/mol. The first-order valence-corrected chi connectivity index (χ1v) is 4.49. The molecule has 0 aliphatic heterocycles. The van der Waals surface area contributed by atoms with Crippen molar-refractivity contribution in [2.75, 3.05) is 13.2 Å². The zero-order chi connectivity index (χ0) is 8.65. The molecule has 0 unspecified atom stereocenters. The maximum Gasteiger partial charge on any atom is 0.0519 e. The number of H-pyrrole nitrogens is 1. The van der Waals surface area contributed by atoms with Gasteiger partial charge < -0.3 is 4.74 Å². The Morgan fingerprint density at radius 1 is 1.50 bits per heavy atom. The molecule has 0 fully saturated rings. The predicted molar refractivity (Wildman–Crippen MR) is 48.0 cm³/mol. The number of nitrogens with zero attached hydrogens (tertiary/aromatic N) is 1. The summed E-state index contributed by atoms with van der Waals surface area (Å²) in [5.74, 6) is 0. The first-order valence-electron chi connectivity index (χ1n) is 4.49. The van der Waals surface area contributed by atoms with Gasteiger partial charge in [-0.3, -0.25) is 5.10 Å². The van der Waals surface area contributed by atoms with Crippen LogP contribution in [0.25, 0.3) is 0 Å². The predicted octanol–water partition coefficient (Wildman–Crippen LogP) is 1.77. The van der Waals surface area contributed by atoms with E-state index in [1.54, 1.807) is 0 Å². The topological polar surface area (TPSA) is 37.9 Å². The lowest BCUT2D eigenvalue weighted by molar-refractivity contribution is 0.132. The number of hydrogen-bond donors (Lipinski definition) is 1. The van der Waals surface area contributed by atoms with Crippen LogP contribution in [0.4, 0.5) is 0 Å². The van der Waals surface area contributed by atoms with Crippen molar-refractivity contribution in [1.29, 1.82) is 0 Å². The molecule has 0 aromatic carbocycles. The van der Waals surface area contributed by atoms with Gasteiger partial charge in [0.1, 0.15) is 0 Å².